The summed E-state index contributed by atoms with van der Waals surface area (Å²) < 4.78 is 4.86. The Morgan fingerprint density at radius 2 is 2.14 bits per heavy atom. The molecule has 22 heavy (non-hydrogen) atoms. The molecule has 7 heteroatoms. The Bertz CT molecular complexity index is 554. The molecule has 1 saturated heterocycles. The summed E-state index contributed by atoms with van der Waals surface area (Å²) in [7, 11) is 1.52. The number of aryl methyl sites for hydroxylation is 1. The topological polar surface area (TPSA) is 84.7 Å². The second kappa shape index (κ2) is 7.22. The van der Waals surface area contributed by atoms with Gasteiger partial charge in [0.1, 0.15) is 6.61 Å². The highest BCUT2D eigenvalue weighted by molar-refractivity contribution is 5.77. The summed E-state index contributed by atoms with van der Waals surface area (Å²) in [6.07, 6.45) is 1.71. The molecule has 0 aliphatic carbocycles. The molecule has 1 aliphatic heterocycles. The molecule has 0 unspecified atom stereocenters. The summed E-state index contributed by atoms with van der Waals surface area (Å²) in [5.41, 5.74) is 1.86. The van der Waals surface area contributed by atoms with Crippen LogP contribution in [-0.4, -0.2) is 48.6 Å². The quantitative estimate of drug-likeness (QED) is 0.664. The van der Waals surface area contributed by atoms with Crippen LogP contribution in [-0.2, 0) is 9.53 Å². The summed E-state index contributed by atoms with van der Waals surface area (Å²) in [6, 6.07) is 5.09. The molecule has 0 saturated carbocycles. The van der Waals surface area contributed by atoms with Crippen molar-refractivity contribution in [2.75, 3.05) is 32.1 Å². The van der Waals surface area contributed by atoms with E-state index in [9.17, 15) is 14.9 Å². The highest BCUT2D eigenvalue weighted by atomic mass is 16.6. The molecule has 1 aromatic rings. The van der Waals surface area contributed by atoms with E-state index in [1.807, 2.05) is 11.8 Å². The number of nitro groups is 1. The van der Waals surface area contributed by atoms with E-state index < -0.39 is 4.92 Å². The van der Waals surface area contributed by atoms with Gasteiger partial charge < -0.3 is 15.0 Å². The fraction of sp³-hybridized carbons (Fsp3) is 0.533. The molecule has 120 valence electrons. The predicted octanol–water partition coefficient (Wildman–Crippen LogP) is 1.95. The first-order valence-corrected chi connectivity index (χ1v) is 7.29. The number of likely N-dealkylation sites (tertiary alicyclic amines) is 1. The van der Waals surface area contributed by atoms with Crippen molar-refractivity contribution in [1.82, 2.24) is 4.90 Å². The number of nitrogens with zero attached hydrogens (tertiary/aromatic N) is 2. The van der Waals surface area contributed by atoms with Crippen molar-refractivity contribution in [2.24, 2.45) is 0 Å². The number of nitro benzene ring substituents is 1. The fourth-order valence-electron chi connectivity index (χ4n) is 2.63. The van der Waals surface area contributed by atoms with Crippen molar-refractivity contribution >= 4 is 17.3 Å². The van der Waals surface area contributed by atoms with E-state index >= 15 is 0 Å². The van der Waals surface area contributed by atoms with Gasteiger partial charge in [-0.15, -0.1) is 0 Å². The van der Waals surface area contributed by atoms with E-state index in [1.54, 1.807) is 12.1 Å². The molecule has 1 heterocycles. The number of anilines is 1. The SMILES string of the molecule is COCC(=O)N1CCC(Nc2ccc([N+](=O)[O-])cc2C)CC1. The molecule has 1 N–H and O–H groups in total. The van der Waals surface area contributed by atoms with Gasteiger partial charge in [0.15, 0.2) is 0 Å². The summed E-state index contributed by atoms with van der Waals surface area (Å²) in [5, 5.41) is 14.2. The number of hydrogen-bond acceptors (Lipinski definition) is 5. The van der Waals surface area contributed by atoms with Gasteiger partial charge in [0.2, 0.25) is 5.91 Å². The standard InChI is InChI=1S/C15H21N3O4/c1-11-9-13(18(20)21)3-4-14(11)16-12-5-7-17(8-6-12)15(19)10-22-2/h3-4,9,12,16H,5-8,10H2,1-2H3. The number of non-ortho nitro benzene ring substituents is 1. The van der Waals surface area contributed by atoms with Crippen LogP contribution >= 0.6 is 0 Å². The van der Waals surface area contributed by atoms with Crippen LogP contribution in [0.1, 0.15) is 18.4 Å². The first-order valence-electron chi connectivity index (χ1n) is 7.29. The summed E-state index contributed by atoms with van der Waals surface area (Å²) in [5.74, 6) is 0.0208. The molecule has 0 radical (unpaired) electrons. The van der Waals surface area contributed by atoms with Gasteiger partial charge in [-0.05, 0) is 31.4 Å². The number of benzene rings is 1. The minimum Gasteiger partial charge on any atom is -0.382 e. The second-order valence-electron chi connectivity index (χ2n) is 5.49. The number of hydrogen-bond donors (Lipinski definition) is 1. The number of carbonyl (C=O) groups excluding carboxylic acids is 1. The van der Waals surface area contributed by atoms with Gasteiger partial charge in [0.25, 0.3) is 5.69 Å². The van der Waals surface area contributed by atoms with Crippen LogP contribution in [0.5, 0.6) is 0 Å². The zero-order chi connectivity index (χ0) is 16.1. The molecule has 1 amide bonds. The summed E-state index contributed by atoms with van der Waals surface area (Å²) in [6.45, 7) is 3.38. The number of ether oxygens (including phenoxy) is 1. The molecule has 1 aromatic carbocycles. The molecule has 2 rings (SSSR count). The van der Waals surface area contributed by atoms with Gasteiger partial charge in [-0.3, -0.25) is 14.9 Å². The third-order valence-corrected chi connectivity index (χ3v) is 3.90. The average Bonchev–Trinajstić information content (AvgIpc) is 2.50. The molecule has 1 fully saturated rings. The van der Waals surface area contributed by atoms with Crippen LogP contribution in [0.25, 0.3) is 0 Å². The zero-order valence-electron chi connectivity index (χ0n) is 12.9. The summed E-state index contributed by atoms with van der Waals surface area (Å²) in [4.78, 5) is 23.9. The number of methoxy groups -OCH3 is 1. The van der Waals surface area contributed by atoms with E-state index in [-0.39, 0.29) is 24.2 Å². The minimum atomic E-state index is -0.392. The lowest BCUT2D eigenvalue weighted by Gasteiger charge is -2.33. The van der Waals surface area contributed by atoms with Crippen LogP contribution in [0, 0.1) is 17.0 Å². The highest BCUT2D eigenvalue weighted by Gasteiger charge is 2.23. The average molecular weight is 307 g/mol. The van der Waals surface area contributed by atoms with Crippen molar-refractivity contribution in [3.8, 4) is 0 Å². The lowest BCUT2D eigenvalue weighted by molar-refractivity contribution is -0.384. The molecule has 0 spiro atoms. The Labute approximate surface area is 129 Å². The normalized spacial score (nSPS) is 15.6. The van der Waals surface area contributed by atoms with E-state index in [0.29, 0.717) is 13.1 Å². The first-order chi connectivity index (χ1) is 10.5. The fourth-order valence-corrected chi connectivity index (χ4v) is 2.63. The van der Waals surface area contributed by atoms with Gasteiger partial charge in [-0.25, -0.2) is 0 Å². The third kappa shape index (κ3) is 3.94. The molecule has 0 bridgehead atoms. The maximum Gasteiger partial charge on any atom is 0.269 e. The molecule has 0 atom stereocenters. The Hall–Kier alpha value is -2.15. The highest BCUT2D eigenvalue weighted by Crippen LogP contribution is 2.24. The third-order valence-electron chi connectivity index (χ3n) is 3.90. The van der Waals surface area contributed by atoms with E-state index in [2.05, 4.69) is 5.32 Å². The Kier molecular flexibility index (Phi) is 5.32. The van der Waals surface area contributed by atoms with Crippen LogP contribution in [0.4, 0.5) is 11.4 Å². The maximum atomic E-state index is 11.7. The smallest absolute Gasteiger partial charge is 0.269 e. The lowest BCUT2D eigenvalue weighted by Crippen LogP contribution is -2.43. The van der Waals surface area contributed by atoms with E-state index in [1.165, 1.54) is 13.2 Å². The van der Waals surface area contributed by atoms with Crippen LogP contribution in [0.2, 0.25) is 0 Å². The number of piperidine rings is 1. The van der Waals surface area contributed by atoms with Crippen molar-refractivity contribution in [1.29, 1.82) is 0 Å². The van der Waals surface area contributed by atoms with Gasteiger partial charge >= 0.3 is 0 Å². The van der Waals surface area contributed by atoms with E-state index in [4.69, 9.17) is 4.74 Å². The second-order valence-corrected chi connectivity index (χ2v) is 5.49. The summed E-state index contributed by atoms with van der Waals surface area (Å²) >= 11 is 0. The van der Waals surface area contributed by atoms with Crippen molar-refractivity contribution < 1.29 is 14.5 Å². The Morgan fingerprint density at radius 1 is 1.45 bits per heavy atom. The van der Waals surface area contributed by atoms with Gasteiger partial charge in [0.05, 0.1) is 4.92 Å². The van der Waals surface area contributed by atoms with Crippen LogP contribution in [0.15, 0.2) is 18.2 Å². The maximum absolute atomic E-state index is 11.7. The van der Waals surface area contributed by atoms with Crippen molar-refractivity contribution in [3.63, 3.8) is 0 Å². The minimum absolute atomic E-state index is 0.0208. The molecular weight excluding hydrogens is 286 g/mol. The largest absolute Gasteiger partial charge is 0.382 e. The Morgan fingerprint density at radius 3 is 2.68 bits per heavy atom. The molecular formula is C15H21N3O4. The van der Waals surface area contributed by atoms with E-state index in [0.717, 1.165) is 24.1 Å². The van der Waals surface area contributed by atoms with Crippen LogP contribution < -0.4 is 5.32 Å². The molecule has 7 nitrogen and oxygen atoms in total. The number of nitrogens with one attached hydrogen (secondary N) is 1. The van der Waals surface area contributed by atoms with Crippen molar-refractivity contribution in [3.05, 3.63) is 33.9 Å². The van der Waals surface area contributed by atoms with Gasteiger partial charge in [0, 0.05) is 44.1 Å². The lowest BCUT2D eigenvalue weighted by atomic mass is 10.0. The first kappa shape index (κ1) is 16.2. The van der Waals surface area contributed by atoms with Gasteiger partial charge in [-0.1, -0.05) is 0 Å². The molecule has 0 aromatic heterocycles. The number of rotatable bonds is 5. The monoisotopic (exact) mass is 307 g/mol. The van der Waals surface area contributed by atoms with Crippen LogP contribution in [0.3, 0.4) is 0 Å². The zero-order valence-corrected chi connectivity index (χ0v) is 12.9. The number of carbonyl (C=O) groups is 1. The predicted molar refractivity (Wildman–Crippen MR) is 82.9 cm³/mol. The van der Waals surface area contributed by atoms with Crippen molar-refractivity contribution in [2.45, 2.75) is 25.8 Å². The number of amides is 1. The Balaban J connectivity index is 1.91. The molecule has 1 aliphatic rings. The van der Waals surface area contributed by atoms with Gasteiger partial charge in [-0.2, -0.15) is 0 Å².